The predicted molar refractivity (Wildman–Crippen MR) is 92.5 cm³/mol. The number of nitrogens with two attached hydrogens (primary N) is 1. The molecule has 7 heteroatoms. The third-order valence-electron chi connectivity index (χ3n) is 4.03. The molecule has 0 fully saturated rings. The van der Waals surface area contributed by atoms with Gasteiger partial charge in [-0.2, -0.15) is 0 Å². The number of aromatic nitrogens is 3. The zero-order valence-electron chi connectivity index (χ0n) is 13.2. The number of pyridine rings is 1. The lowest BCUT2D eigenvalue weighted by atomic mass is 9.97. The van der Waals surface area contributed by atoms with Crippen molar-refractivity contribution < 1.29 is 13.2 Å². The van der Waals surface area contributed by atoms with Gasteiger partial charge < -0.3 is 5.73 Å². The number of halogens is 3. The molecule has 0 spiro atoms. The highest BCUT2D eigenvalue weighted by Gasteiger charge is 2.18. The first-order valence-electron chi connectivity index (χ1n) is 7.65. The summed E-state index contributed by atoms with van der Waals surface area (Å²) in [4.78, 5) is 12.2. The molecule has 26 heavy (non-hydrogen) atoms. The van der Waals surface area contributed by atoms with Crippen molar-refractivity contribution in [2.45, 2.75) is 0 Å². The first kappa shape index (κ1) is 16.0. The summed E-state index contributed by atoms with van der Waals surface area (Å²) >= 11 is 0. The van der Waals surface area contributed by atoms with Crippen LogP contribution in [0.15, 0.2) is 55.0 Å². The lowest BCUT2D eigenvalue weighted by Gasteiger charge is -2.11. The van der Waals surface area contributed by atoms with E-state index in [0.717, 1.165) is 6.07 Å². The van der Waals surface area contributed by atoms with Crippen molar-refractivity contribution in [2.24, 2.45) is 0 Å². The SMILES string of the molecule is Nc1ncnc2ccc(-c3cccnc3-c3cc(F)cc(F)c3F)cc12. The highest BCUT2D eigenvalue weighted by molar-refractivity contribution is 5.93. The van der Waals surface area contributed by atoms with Gasteiger partial charge in [0.05, 0.1) is 11.2 Å². The van der Waals surface area contributed by atoms with Gasteiger partial charge in [-0.15, -0.1) is 0 Å². The van der Waals surface area contributed by atoms with E-state index in [1.165, 1.54) is 12.5 Å². The molecule has 0 bridgehead atoms. The van der Waals surface area contributed by atoms with Crippen LogP contribution >= 0.6 is 0 Å². The maximum Gasteiger partial charge on any atom is 0.168 e. The second-order valence-corrected chi connectivity index (χ2v) is 5.64. The van der Waals surface area contributed by atoms with Crippen LogP contribution < -0.4 is 5.73 Å². The Balaban J connectivity index is 1.97. The summed E-state index contributed by atoms with van der Waals surface area (Å²) in [5.41, 5.74) is 7.55. The van der Waals surface area contributed by atoms with Gasteiger partial charge in [-0.25, -0.2) is 23.1 Å². The van der Waals surface area contributed by atoms with Crippen LogP contribution in [0.1, 0.15) is 0 Å². The molecule has 2 aromatic carbocycles. The summed E-state index contributed by atoms with van der Waals surface area (Å²) in [6.07, 6.45) is 2.79. The Kier molecular flexibility index (Phi) is 3.76. The van der Waals surface area contributed by atoms with Crippen LogP contribution in [-0.4, -0.2) is 15.0 Å². The summed E-state index contributed by atoms with van der Waals surface area (Å²) < 4.78 is 41.5. The molecule has 2 aromatic heterocycles. The highest BCUT2D eigenvalue weighted by atomic mass is 19.2. The second kappa shape index (κ2) is 6.11. The number of rotatable bonds is 2. The Morgan fingerprint density at radius 3 is 2.54 bits per heavy atom. The lowest BCUT2D eigenvalue weighted by molar-refractivity contribution is 0.497. The first-order valence-corrected chi connectivity index (χ1v) is 7.65. The number of hydrogen-bond acceptors (Lipinski definition) is 4. The molecule has 0 amide bonds. The lowest BCUT2D eigenvalue weighted by Crippen LogP contribution is -1.97. The van der Waals surface area contributed by atoms with Crippen LogP contribution in [0.3, 0.4) is 0 Å². The van der Waals surface area contributed by atoms with Gasteiger partial charge in [0.15, 0.2) is 11.6 Å². The van der Waals surface area contributed by atoms with E-state index < -0.39 is 17.5 Å². The van der Waals surface area contributed by atoms with E-state index in [4.69, 9.17) is 5.73 Å². The Hall–Kier alpha value is -3.48. The smallest absolute Gasteiger partial charge is 0.168 e. The fourth-order valence-electron chi connectivity index (χ4n) is 2.83. The third kappa shape index (κ3) is 2.63. The molecule has 0 saturated carbocycles. The summed E-state index contributed by atoms with van der Waals surface area (Å²) in [5, 5.41) is 0.616. The van der Waals surface area contributed by atoms with Crippen LogP contribution in [0.4, 0.5) is 19.0 Å². The molecule has 2 N–H and O–H groups in total. The zero-order chi connectivity index (χ0) is 18.3. The summed E-state index contributed by atoms with van der Waals surface area (Å²) in [5.74, 6) is -3.01. The summed E-state index contributed by atoms with van der Waals surface area (Å²) in [6, 6.07) is 9.98. The largest absolute Gasteiger partial charge is 0.383 e. The van der Waals surface area contributed by atoms with Crippen LogP contribution in [0, 0.1) is 17.5 Å². The number of hydrogen-bond donors (Lipinski definition) is 1. The summed E-state index contributed by atoms with van der Waals surface area (Å²) in [7, 11) is 0. The van der Waals surface area contributed by atoms with Gasteiger partial charge >= 0.3 is 0 Å². The maximum absolute atomic E-state index is 14.3. The fraction of sp³-hybridized carbons (Fsp3) is 0. The van der Waals surface area contributed by atoms with E-state index >= 15 is 0 Å². The van der Waals surface area contributed by atoms with E-state index in [9.17, 15) is 13.2 Å². The monoisotopic (exact) mass is 352 g/mol. The predicted octanol–water partition coefficient (Wildman–Crippen LogP) is 4.36. The quantitative estimate of drug-likeness (QED) is 0.545. The minimum absolute atomic E-state index is 0.123. The van der Waals surface area contributed by atoms with Crippen molar-refractivity contribution in [2.75, 3.05) is 5.73 Å². The van der Waals surface area contributed by atoms with E-state index in [-0.39, 0.29) is 11.3 Å². The zero-order valence-corrected chi connectivity index (χ0v) is 13.2. The minimum atomic E-state index is -1.27. The standard InChI is InChI=1S/C19H11F3N4/c20-11-7-14(17(22)15(21)8-11)18-12(2-1-5-24-18)10-3-4-16-13(6-10)19(23)26-9-25-16/h1-9H,(H2,23,25,26). The third-order valence-corrected chi connectivity index (χ3v) is 4.03. The average Bonchev–Trinajstić information content (AvgIpc) is 2.65. The molecule has 4 aromatic rings. The highest BCUT2D eigenvalue weighted by Crippen LogP contribution is 2.34. The van der Waals surface area contributed by atoms with Crippen molar-refractivity contribution in [1.29, 1.82) is 0 Å². The number of nitrogen functional groups attached to an aromatic ring is 1. The number of benzene rings is 2. The van der Waals surface area contributed by atoms with E-state index in [2.05, 4.69) is 15.0 Å². The Morgan fingerprint density at radius 2 is 1.69 bits per heavy atom. The van der Waals surface area contributed by atoms with Crippen molar-refractivity contribution in [3.63, 3.8) is 0 Å². The van der Waals surface area contributed by atoms with Crippen LogP contribution in [-0.2, 0) is 0 Å². The molecule has 0 aliphatic rings. The molecule has 0 saturated heterocycles. The molecular formula is C19H11F3N4. The van der Waals surface area contributed by atoms with Crippen LogP contribution in [0.5, 0.6) is 0 Å². The van der Waals surface area contributed by atoms with E-state index in [1.54, 1.807) is 30.3 Å². The normalized spacial score (nSPS) is 11.0. The first-order chi connectivity index (χ1) is 12.5. The molecule has 0 radical (unpaired) electrons. The van der Waals surface area contributed by atoms with Crippen molar-refractivity contribution in [3.05, 3.63) is 72.4 Å². The van der Waals surface area contributed by atoms with Crippen LogP contribution in [0.25, 0.3) is 33.3 Å². The average molecular weight is 352 g/mol. The van der Waals surface area contributed by atoms with Gasteiger partial charge in [-0.1, -0.05) is 12.1 Å². The molecule has 4 nitrogen and oxygen atoms in total. The Morgan fingerprint density at radius 1 is 0.846 bits per heavy atom. The van der Waals surface area contributed by atoms with Gasteiger partial charge in [0, 0.05) is 28.8 Å². The van der Waals surface area contributed by atoms with Crippen molar-refractivity contribution in [1.82, 2.24) is 15.0 Å². The Bertz CT molecular complexity index is 1140. The fourth-order valence-corrected chi connectivity index (χ4v) is 2.83. The molecular weight excluding hydrogens is 341 g/mol. The van der Waals surface area contributed by atoms with Gasteiger partial charge in [0.25, 0.3) is 0 Å². The van der Waals surface area contributed by atoms with Gasteiger partial charge in [0.1, 0.15) is 18.0 Å². The molecule has 0 atom stereocenters. The topological polar surface area (TPSA) is 64.7 Å². The van der Waals surface area contributed by atoms with Crippen molar-refractivity contribution >= 4 is 16.7 Å². The van der Waals surface area contributed by atoms with Gasteiger partial charge in [0.2, 0.25) is 0 Å². The second-order valence-electron chi connectivity index (χ2n) is 5.64. The summed E-state index contributed by atoms with van der Waals surface area (Å²) in [6.45, 7) is 0. The van der Waals surface area contributed by atoms with E-state index in [1.807, 2.05) is 0 Å². The maximum atomic E-state index is 14.3. The van der Waals surface area contributed by atoms with Gasteiger partial charge in [-0.05, 0) is 29.8 Å². The molecule has 0 aliphatic heterocycles. The minimum Gasteiger partial charge on any atom is -0.383 e. The molecule has 0 unspecified atom stereocenters. The molecule has 128 valence electrons. The molecule has 0 aliphatic carbocycles. The van der Waals surface area contributed by atoms with E-state index in [0.29, 0.717) is 33.9 Å². The number of nitrogens with zero attached hydrogens (tertiary/aromatic N) is 3. The van der Waals surface area contributed by atoms with Gasteiger partial charge in [-0.3, -0.25) is 4.98 Å². The molecule has 4 rings (SSSR count). The van der Waals surface area contributed by atoms with Crippen molar-refractivity contribution in [3.8, 4) is 22.4 Å². The number of fused-ring (bicyclic) bond motifs is 1. The Labute approximate surface area is 146 Å². The number of anilines is 1. The van der Waals surface area contributed by atoms with Crippen LogP contribution in [0.2, 0.25) is 0 Å². The molecule has 2 heterocycles.